The molecule has 0 aromatic rings. The highest BCUT2D eigenvalue weighted by Gasteiger charge is 2.11. The van der Waals surface area contributed by atoms with Crippen molar-refractivity contribution in [1.82, 2.24) is 0 Å². The topological polar surface area (TPSA) is 18.5 Å². The van der Waals surface area contributed by atoms with Crippen molar-refractivity contribution in [2.75, 3.05) is 31.3 Å². The summed E-state index contributed by atoms with van der Waals surface area (Å²) in [5.41, 5.74) is 0. The van der Waals surface area contributed by atoms with E-state index in [1.165, 1.54) is 0 Å². The lowest BCUT2D eigenvalue weighted by Crippen LogP contribution is -2.23. The standard InChI is InChI=1S/C8H18O2S4/c11-3-1-9-6-7(5-8(13)14)10-2-4-12/h7-8,11-14H,1-6H2. The second-order valence-electron chi connectivity index (χ2n) is 2.73. The molecule has 2 nitrogen and oxygen atoms in total. The first-order valence-electron chi connectivity index (χ1n) is 4.48. The van der Waals surface area contributed by atoms with Crippen LogP contribution >= 0.6 is 50.5 Å². The third-order valence-corrected chi connectivity index (χ3v) is 2.24. The van der Waals surface area contributed by atoms with Crippen LogP contribution in [-0.4, -0.2) is 42.0 Å². The van der Waals surface area contributed by atoms with Crippen molar-refractivity contribution in [1.29, 1.82) is 0 Å². The van der Waals surface area contributed by atoms with E-state index in [4.69, 9.17) is 9.47 Å². The Morgan fingerprint density at radius 1 is 1.00 bits per heavy atom. The van der Waals surface area contributed by atoms with Crippen LogP contribution in [0.3, 0.4) is 0 Å². The zero-order valence-corrected chi connectivity index (χ0v) is 11.6. The summed E-state index contributed by atoms with van der Waals surface area (Å²) < 4.78 is 10.9. The number of hydrogen-bond acceptors (Lipinski definition) is 6. The minimum Gasteiger partial charge on any atom is -0.378 e. The fraction of sp³-hybridized carbons (Fsp3) is 1.00. The van der Waals surface area contributed by atoms with Crippen LogP contribution in [0.2, 0.25) is 0 Å². The van der Waals surface area contributed by atoms with Gasteiger partial charge in [0.05, 0.1) is 25.9 Å². The molecule has 6 heteroatoms. The molecule has 1 unspecified atom stereocenters. The Bertz CT molecular complexity index is 124. The molecule has 0 saturated carbocycles. The largest absolute Gasteiger partial charge is 0.378 e. The van der Waals surface area contributed by atoms with Crippen LogP contribution in [0.1, 0.15) is 6.42 Å². The Labute approximate surface area is 108 Å². The van der Waals surface area contributed by atoms with Gasteiger partial charge in [-0.05, 0) is 6.42 Å². The zero-order valence-electron chi connectivity index (χ0n) is 8.00. The zero-order chi connectivity index (χ0) is 10.8. The van der Waals surface area contributed by atoms with Crippen LogP contribution in [0.4, 0.5) is 0 Å². The second-order valence-corrected chi connectivity index (χ2v) is 5.28. The first-order valence-corrected chi connectivity index (χ1v) is 6.77. The maximum absolute atomic E-state index is 5.52. The van der Waals surface area contributed by atoms with Crippen LogP contribution in [0.5, 0.6) is 0 Å². The molecule has 0 bridgehead atoms. The molecule has 0 aromatic carbocycles. The highest BCUT2D eigenvalue weighted by molar-refractivity contribution is 7.99. The molecule has 0 rings (SSSR count). The molecule has 0 heterocycles. The lowest BCUT2D eigenvalue weighted by atomic mass is 10.3. The van der Waals surface area contributed by atoms with Gasteiger partial charge in [-0.15, -0.1) is 0 Å². The van der Waals surface area contributed by atoms with Crippen molar-refractivity contribution in [3.05, 3.63) is 0 Å². The van der Waals surface area contributed by atoms with Crippen molar-refractivity contribution in [3.63, 3.8) is 0 Å². The lowest BCUT2D eigenvalue weighted by Gasteiger charge is -2.18. The highest BCUT2D eigenvalue weighted by Crippen LogP contribution is 2.12. The fourth-order valence-electron chi connectivity index (χ4n) is 0.918. The quantitative estimate of drug-likeness (QED) is 0.292. The third-order valence-electron chi connectivity index (χ3n) is 1.46. The molecule has 0 N–H and O–H groups in total. The first-order chi connectivity index (χ1) is 6.70. The molecule has 0 saturated heterocycles. The summed E-state index contributed by atoms with van der Waals surface area (Å²) in [5, 5.41) is 0. The van der Waals surface area contributed by atoms with Gasteiger partial charge in [0.1, 0.15) is 0 Å². The molecule has 0 radical (unpaired) electrons. The van der Waals surface area contributed by atoms with Crippen LogP contribution in [-0.2, 0) is 9.47 Å². The minimum absolute atomic E-state index is 0.0273. The molecule has 0 fully saturated rings. The van der Waals surface area contributed by atoms with Crippen molar-refractivity contribution >= 4 is 50.5 Å². The lowest BCUT2D eigenvalue weighted by molar-refractivity contribution is -0.00815. The summed E-state index contributed by atoms with van der Waals surface area (Å²) >= 11 is 16.5. The van der Waals surface area contributed by atoms with Gasteiger partial charge in [-0.2, -0.15) is 50.5 Å². The monoisotopic (exact) mass is 274 g/mol. The number of rotatable bonds is 9. The van der Waals surface area contributed by atoms with E-state index in [-0.39, 0.29) is 10.7 Å². The predicted molar refractivity (Wildman–Crippen MR) is 74.6 cm³/mol. The summed E-state index contributed by atoms with van der Waals surface area (Å²) in [6.45, 7) is 1.85. The Kier molecular flexibility index (Phi) is 11.8. The SMILES string of the molecule is SCCOCC(CC(S)S)OCCS. The normalized spacial score (nSPS) is 13.5. The van der Waals surface area contributed by atoms with Crippen LogP contribution in [0, 0.1) is 0 Å². The Morgan fingerprint density at radius 2 is 1.64 bits per heavy atom. The maximum atomic E-state index is 5.52. The van der Waals surface area contributed by atoms with Crippen LogP contribution < -0.4 is 0 Å². The van der Waals surface area contributed by atoms with Crippen LogP contribution in [0.15, 0.2) is 0 Å². The summed E-state index contributed by atoms with van der Waals surface area (Å²) in [6.07, 6.45) is 0.828. The van der Waals surface area contributed by atoms with E-state index in [1.807, 2.05) is 0 Å². The Hall–Kier alpha value is 1.32. The average molecular weight is 274 g/mol. The average Bonchev–Trinajstić information content (AvgIpc) is 2.13. The van der Waals surface area contributed by atoms with Crippen molar-refractivity contribution < 1.29 is 9.47 Å². The predicted octanol–water partition coefficient (Wildman–Crippen LogP) is 1.82. The molecule has 0 aliphatic heterocycles. The van der Waals surface area contributed by atoms with Gasteiger partial charge in [0.25, 0.3) is 0 Å². The molecule has 0 aliphatic carbocycles. The molecule has 0 aromatic heterocycles. The molecule has 0 spiro atoms. The highest BCUT2D eigenvalue weighted by atomic mass is 32.2. The van der Waals surface area contributed by atoms with Gasteiger partial charge in [0, 0.05) is 16.1 Å². The van der Waals surface area contributed by atoms with E-state index in [1.54, 1.807) is 0 Å². The number of ether oxygens (including phenoxy) is 2. The van der Waals surface area contributed by atoms with Gasteiger partial charge < -0.3 is 9.47 Å². The number of hydrogen-bond donors (Lipinski definition) is 4. The van der Waals surface area contributed by atoms with E-state index in [0.717, 1.165) is 12.2 Å². The molecule has 0 aliphatic rings. The first kappa shape index (κ1) is 15.3. The number of thiol groups is 4. The molecule has 1 atom stereocenters. The van der Waals surface area contributed by atoms with Crippen molar-refractivity contribution in [3.8, 4) is 0 Å². The van der Waals surface area contributed by atoms with Gasteiger partial charge in [0.15, 0.2) is 0 Å². The van der Waals surface area contributed by atoms with Gasteiger partial charge >= 0.3 is 0 Å². The van der Waals surface area contributed by atoms with Crippen molar-refractivity contribution in [2.45, 2.75) is 17.1 Å². The minimum atomic E-state index is 0.0273. The second kappa shape index (κ2) is 10.8. The summed E-state index contributed by atoms with van der Waals surface area (Å²) in [6, 6.07) is 0. The maximum Gasteiger partial charge on any atom is 0.0827 e. The Morgan fingerprint density at radius 3 is 2.14 bits per heavy atom. The van der Waals surface area contributed by atoms with Crippen molar-refractivity contribution in [2.24, 2.45) is 0 Å². The van der Waals surface area contributed by atoms with Gasteiger partial charge in [-0.3, -0.25) is 0 Å². The van der Waals surface area contributed by atoms with E-state index in [2.05, 4.69) is 50.5 Å². The molecule has 86 valence electrons. The van der Waals surface area contributed by atoms with E-state index in [9.17, 15) is 0 Å². The third kappa shape index (κ3) is 9.86. The summed E-state index contributed by atoms with van der Waals surface area (Å²) in [7, 11) is 0. The van der Waals surface area contributed by atoms with E-state index < -0.39 is 0 Å². The van der Waals surface area contributed by atoms with Gasteiger partial charge in [-0.1, -0.05) is 0 Å². The summed E-state index contributed by atoms with van der Waals surface area (Å²) in [4.78, 5) is 0. The smallest absolute Gasteiger partial charge is 0.0827 e. The fourth-order valence-corrected chi connectivity index (χ4v) is 1.62. The molecule has 14 heavy (non-hydrogen) atoms. The van der Waals surface area contributed by atoms with E-state index in [0.29, 0.717) is 25.6 Å². The van der Waals surface area contributed by atoms with Crippen LogP contribution in [0.25, 0.3) is 0 Å². The molecular formula is C8H18O2S4. The molecular weight excluding hydrogens is 256 g/mol. The van der Waals surface area contributed by atoms with Gasteiger partial charge in [0.2, 0.25) is 0 Å². The molecule has 0 amide bonds. The Balaban J connectivity index is 3.61. The van der Waals surface area contributed by atoms with E-state index >= 15 is 0 Å². The van der Waals surface area contributed by atoms with Gasteiger partial charge in [-0.25, -0.2) is 0 Å². The summed E-state index contributed by atoms with van der Waals surface area (Å²) in [5.74, 6) is 1.44.